The normalized spacial score (nSPS) is 12.3. The fourth-order valence-electron chi connectivity index (χ4n) is 2.54. The lowest BCUT2D eigenvalue weighted by Gasteiger charge is -2.06. The van der Waals surface area contributed by atoms with Gasteiger partial charge in [0.05, 0.1) is 21.7 Å². The smallest absolute Gasteiger partial charge is 0.324 e. The van der Waals surface area contributed by atoms with Gasteiger partial charge < -0.3 is 9.30 Å². The quantitative estimate of drug-likeness (QED) is 0.240. The van der Waals surface area contributed by atoms with Crippen LogP contribution in [0.4, 0.5) is 13.8 Å². The zero-order valence-corrected chi connectivity index (χ0v) is 16.8. The number of carbonyl (C=O) groups excluding carboxylic acids is 1. The van der Waals surface area contributed by atoms with Crippen LogP contribution in [0.15, 0.2) is 35.3 Å². The second-order valence-corrected chi connectivity index (χ2v) is 7.79. The van der Waals surface area contributed by atoms with E-state index in [-0.39, 0.29) is 28.5 Å². The van der Waals surface area contributed by atoms with Crippen molar-refractivity contribution in [2.24, 2.45) is 4.99 Å². The summed E-state index contributed by atoms with van der Waals surface area (Å²) in [6, 6.07) is 4.83. The minimum absolute atomic E-state index is 0.0372. The summed E-state index contributed by atoms with van der Waals surface area (Å²) in [6.45, 7) is 2.81. The van der Waals surface area contributed by atoms with Crippen molar-refractivity contribution >= 4 is 49.9 Å². The SMILES string of the molecule is CCOCCn1c(=NC(=O)C=Cc2ccc([N+](=O)[O-])s2)sc2cc(F)cc(F)c21. The zero-order valence-electron chi connectivity index (χ0n) is 15.1. The summed E-state index contributed by atoms with van der Waals surface area (Å²) >= 11 is 1.91. The number of nitrogens with zero attached hydrogens (tertiary/aromatic N) is 3. The van der Waals surface area contributed by atoms with Crippen LogP contribution in [0.2, 0.25) is 0 Å². The minimum atomic E-state index is -0.747. The van der Waals surface area contributed by atoms with Crippen LogP contribution in [0, 0.1) is 21.7 Å². The van der Waals surface area contributed by atoms with E-state index in [2.05, 4.69) is 4.99 Å². The van der Waals surface area contributed by atoms with Gasteiger partial charge in [-0.05, 0) is 25.1 Å². The van der Waals surface area contributed by atoms with Crippen molar-refractivity contribution in [1.29, 1.82) is 0 Å². The van der Waals surface area contributed by atoms with Crippen molar-refractivity contribution in [2.45, 2.75) is 13.5 Å². The van der Waals surface area contributed by atoms with E-state index in [0.717, 1.165) is 28.7 Å². The number of fused-ring (bicyclic) bond motifs is 1. The second-order valence-electron chi connectivity index (χ2n) is 5.68. The van der Waals surface area contributed by atoms with E-state index in [0.29, 0.717) is 16.2 Å². The number of thiazole rings is 1. The first-order valence-corrected chi connectivity index (χ1v) is 10.1. The minimum Gasteiger partial charge on any atom is -0.380 e. The van der Waals surface area contributed by atoms with E-state index < -0.39 is 22.5 Å². The highest BCUT2D eigenvalue weighted by molar-refractivity contribution is 7.16. The van der Waals surface area contributed by atoms with E-state index in [1.807, 2.05) is 6.92 Å². The Balaban J connectivity index is 1.95. The van der Waals surface area contributed by atoms with Crippen molar-refractivity contribution in [3.05, 3.63) is 61.8 Å². The van der Waals surface area contributed by atoms with Crippen LogP contribution in [-0.2, 0) is 16.1 Å². The molecule has 0 fully saturated rings. The van der Waals surface area contributed by atoms with Crippen molar-refractivity contribution in [2.75, 3.05) is 13.2 Å². The average molecular weight is 439 g/mol. The van der Waals surface area contributed by atoms with E-state index in [9.17, 15) is 23.7 Å². The number of benzene rings is 1. The zero-order chi connectivity index (χ0) is 21.0. The Hall–Kier alpha value is -2.76. The number of thiophene rings is 1. The fraction of sp³-hybridized carbons (Fsp3) is 0.222. The Morgan fingerprint density at radius 2 is 2.14 bits per heavy atom. The van der Waals surface area contributed by atoms with Crippen LogP contribution in [0.1, 0.15) is 11.8 Å². The molecule has 0 spiro atoms. The summed E-state index contributed by atoms with van der Waals surface area (Å²) in [5.74, 6) is -2.09. The molecule has 11 heteroatoms. The molecule has 0 bridgehead atoms. The molecule has 1 aromatic carbocycles. The maximum Gasteiger partial charge on any atom is 0.324 e. The van der Waals surface area contributed by atoms with Gasteiger partial charge in [-0.1, -0.05) is 22.7 Å². The Labute approximate surface area is 171 Å². The summed E-state index contributed by atoms with van der Waals surface area (Å²) in [4.78, 5) is 27.2. The van der Waals surface area contributed by atoms with Gasteiger partial charge >= 0.3 is 5.00 Å². The van der Waals surface area contributed by atoms with Crippen molar-refractivity contribution in [1.82, 2.24) is 4.57 Å². The molecule has 0 radical (unpaired) electrons. The van der Waals surface area contributed by atoms with Crippen LogP contribution >= 0.6 is 22.7 Å². The lowest BCUT2D eigenvalue weighted by Crippen LogP contribution is -2.19. The maximum absolute atomic E-state index is 14.3. The highest BCUT2D eigenvalue weighted by Crippen LogP contribution is 2.25. The lowest BCUT2D eigenvalue weighted by molar-refractivity contribution is -0.380. The third kappa shape index (κ3) is 5.00. The molecule has 7 nitrogen and oxygen atoms in total. The number of halogens is 2. The molecule has 2 heterocycles. The van der Waals surface area contributed by atoms with E-state index in [1.165, 1.54) is 34.9 Å². The fourth-order valence-corrected chi connectivity index (χ4v) is 4.36. The molecule has 0 aliphatic heterocycles. The predicted octanol–water partition coefficient (Wildman–Crippen LogP) is 4.13. The monoisotopic (exact) mass is 439 g/mol. The molecular weight excluding hydrogens is 424 g/mol. The third-order valence-corrected chi connectivity index (χ3v) is 5.77. The molecule has 29 heavy (non-hydrogen) atoms. The van der Waals surface area contributed by atoms with Gasteiger partial charge in [-0.2, -0.15) is 4.99 Å². The van der Waals surface area contributed by atoms with Crippen LogP contribution in [0.3, 0.4) is 0 Å². The van der Waals surface area contributed by atoms with Gasteiger partial charge in [0.25, 0.3) is 5.91 Å². The number of hydrogen-bond donors (Lipinski definition) is 0. The average Bonchev–Trinajstić information content (AvgIpc) is 3.25. The molecular formula is C18H15F2N3O4S2. The van der Waals surface area contributed by atoms with Crippen molar-refractivity contribution in [3.63, 3.8) is 0 Å². The first-order chi connectivity index (χ1) is 13.9. The van der Waals surface area contributed by atoms with Gasteiger partial charge in [-0.25, -0.2) is 8.78 Å². The number of rotatable bonds is 7. The molecule has 0 saturated heterocycles. The highest BCUT2D eigenvalue weighted by atomic mass is 32.1. The predicted molar refractivity (Wildman–Crippen MR) is 107 cm³/mol. The summed E-state index contributed by atoms with van der Waals surface area (Å²) < 4.78 is 35.0. The van der Waals surface area contributed by atoms with Gasteiger partial charge in [0.15, 0.2) is 10.6 Å². The molecule has 152 valence electrons. The number of carbonyl (C=O) groups is 1. The highest BCUT2D eigenvalue weighted by Gasteiger charge is 2.14. The summed E-state index contributed by atoms with van der Waals surface area (Å²) in [5.41, 5.74) is 0.153. The number of aromatic nitrogens is 1. The number of nitro groups is 1. The molecule has 3 rings (SSSR count). The second kappa shape index (κ2) is 9.16. The first kappa shape index (κ1) is 21.0. The van der Waals surface area contributed by atoms with Crippen LogP contribution in [0.25, 0.3) is 16.3 Å². The Morgan fingerprint density at radius 1 is 1.34 bits per heavy atom. The third-order valence-electron chi connectivity index (χ3n) is 3.75. The van der Waals surface area contributed by atoms with E-state index in [4.69, 9.17) is 4.74 Å². The van der Waals surface area contributed by atoms with Gasteiger partial charge in [-0.3, -0.25) is 14.9 Å². The topological polar surface area (TPSA) is 86.7 Å². The molecule has 0 N–H and O–H groups in total. The number of amides is 1. The standard InChI is InChI=1S/C18H15F2N3O4S2/c1-2-27-8-7-22-17-13(20)9-11(19)10-14(17)29-18(22)21-15(24)5-3-12-4-6-16(28-12)23(25)26/h3-6,9-10H,2,7-8H2,1H3. The van der Waals surface area contributed by atoms with Gasteiger partial charge in [-0.15, -0.1) is 0 Å². The van der Waals surface area contributed by atoms with Gasteiger partial charge in [0, 0.05) is 36.2 Å². The summed E-state index contributed by atoms with van der Waals surface area (Å²) in [6.07, 6.45) is 2.59. The molecule has 2 aromatic heterocycles. The molecule has 0 atom stereocenters. The molecule has 3 aromatic rings. The lowest BCUT2D eigenvalue weighted by atomic mass is 10.3. The first-order valence-electron chi connectivity index (χ1n) is 8.46. The number of ether oxygens (including phenoxy) is 1. The van der Waals surface area contributed by atoms with E-state index >= 15 is 0 Å². The number of hydrogen-bond acceptors (Lipinski definition) is 6. The molecule has 0 aliphatic carbocycles. The van der Waals surface area contributed by atoms with E-state index in [1.54, 1.807) is 0 Å². The Kier molecular flexibility index (Phi) is 6.62. The van der Waals surface area contributed by atoms with Gasteiger partial charge in [0.2, 0.25) is 0 Å². The molecule has 0 saturated carbocycles. The Bertz CT molecular complexity index is 1160. The van der Waals surface area contributed by atoms with Gasteiger partial charge in [0.1, 0.15) is 5.82 Å². The van der Waals surface area contributed by atoms with Crippen LogP contribution in [-0.4, -0.2) is 28.6 Å². The molecule has 0 aliphatic rings. The van der Waals surface area contributed by atoms with Crippen LogP contribution < -0.4 is 4.80 Å². The summed E-state index contributed by atoms with van der Waals surface area (Å²) in [7, 11) is 0. The van der Waals surface area contributed by atoms with Crippen molar-refractivity contribution in [3.8, 4) is 0 Å². The largest absolute Gasteiger partial charge is 0.380 e. The maximum atomic E-state index is 14.3. The molecule has 1 amide bonds. The van der Waals surface area contributed by atoms with Crippen LogP contribution in [0.5, 0.6) is 0 Å². The Morgan fingerprint density at radius 3 is 2.83 bits per heavy atom. The van der Waals surface area contributed by atoms with Crippen molar-refractivity contribution < 1.29 is 23.2 Å². The molecule has 0 unspecified atom stereocenters. The summed E-state index contributed by atoms with van der Waals surface area (Å²) in [5, 5.41) is 10.7.